The zero-order valence-corrected chi connectivity index (χ0v) is 20.8. The van der Waals surface area contributed by atoms with Gasteiger partial charge in [0.1, 0.15) is 11.4 Å². The second kappa shape index (κ2) is 9.19. The van der Waals surface area contributed by atoms with Crippen molar-refractivity contribution in [2.24, 2.45) is 0 Å². The zero-order valence-electron chi connectivity index (χ0n) is 20.0. The Hall–Kier alpha value is -2.84. The summed E-state index contributed by atoms with van der Waals surface area (Å²) in [5, 5.41) is 23.0. The second-order valence-corrected chi connectivity index (χ2v) is 9.96. The molecule has 0 unspecified atom stereocenters. The largest absolute Gasteiger partial charge is 0.507 e. The van der Waals surface area contributed by atoms with Gasteiger partial charge in [0.05, 0.1) is 6.20 Å². The number of nitrogens with one attached hydrogen (secondary N) is 1. The predicted octanol–water partition coefficient (Wildman–Crippen LogP) is 4.18. The van der Waals surface area contributed by atoms with Gasteiger partial charge in [-0.1, -0.05) is 6.07 Å². The molecule has 8 nitrogen and oxygen atoms in total. The predicted molar refractivity (Wildman–Crippen MR) is 133 cm³/mol. The first kappa shape index (κ1) is 24.8. The van der Waals surface area contributed by atoms with Gasteiger partial charge in [0, 0.05) is 47.2 Å². The third kappa shape index (κ3) is 5.57. The molecule has 1 aromatic carbocycles. The zero-order chi connectivity index (χ0) is 23.1. The maximum Gasteiger partial charge on any atom is 0.245 e. The van der Waals surface area contributed by atoms with Crippen molar-refractivity contribution in [3.63, 3.8) is 0 Å². The molecule has 0 spiro atoms. The van der Waals surface area contributed by atoms with Crippen LogP contribution in [-0.2, 0) is 0 Å². The van der Waals surface area contributed by atoms with Crippen LogP contribution in [0.25, 0.3) is 22.6 Å². The van der Waals surface area contributed by atoms with Crippen LogP contribution in [0.3, 0.4) is 0 Å². The number of halogens is 1. The van der Waals surface area contributed by atoms with Crippen molar-refractivity contribution in [2.45, 2.75) is 64.6 Å². The number of aromatic nitrogens is 5. The van der Waals surface area contributed by atoms with E-state index < -0.39 is 0 Å². The van der Waals surface area contributed by atoms with Crippen molar-refractivity contribution in [1.82, 2.24) is 30.5 Å². The fourth-order valence-electron chi connectivity index (χ4n) is 4.74. The number of nitrogens with zero attached hydrogens (tertiary/aromatic N) is 6. The molecule has 1 aliphatic heterocycles. The number of hydrogen-bond donors (Lipinski definition) is 2. The van der Waals surface area contributed by atoms with Crippen molar-refractivity contribution >= 4 is 18.4 Å². The molecule has 0 saturated carbocycles. The van der Waals surface area contributed by atoms with Crippen molar-refractivity contribution < 1.29 is 5.11 Å². The van der Waals surface area contributed by atoms with E-state index in [1.165, 1.54) is 0 Å². The molecule has 4 rings (SSSR count). The van der Waals surface area contributed by atoms with Crippen LogP contribution in [0.2, 0.25) is 0 Å². The molecule has 33 heavy (non-hydrogen) atoms. The molecule has 1 aliphatic rings. The Balaban J connectivity index is 0.00000306. The van der Waals surface area contributed by atoms with Crippen molar-refractivity contribution in [3.8, 4) is 28.4 Å². The average molecular weight is 470 g/mol. The summed E-state index contributed by atoms with van der Waals surface area (Å²) in [5.41, 5.74) is 2.75. The Morgan fingerprint density at radius 1 is 1.03 bits per heavy atom. The summed E-state index contributed by atoms with van der Waals surface area (Å²) in [4.78, 5) is 15.4. The molecule has 0 bridgehead atoms. The van der Waals surface area contributed by atoms with Gasteiger partial charge < -0.3 is 15.3 Å². The number of phenols is 1. The number of aryl methyl sites for hydroxylation is 1. The van der Waals surface area contributed by atoms with Gasteiger partial charge in [-0.25, -0.2) is 15.0 Å². The summed E-state index contributed by atoms with van der Waals surface area (Å²) < 4.78 is 0. The summed E-state index contributed by atoms with van der Waals surface area (Å²) in [7, 11) is 2.02. The Morgan fingerprint density at radius 2 is 1.73 bits per heavy atom. The lowest BCUT2D eigenvalue weighted by molar-refractivity contribution is 0.160. The van der Waals surface area contributed by atoms with Gasteiger partial charge in [-0.3, -0.25) is 0 Å². The lowest BCUT2D eigenvalue weighted by Crippen LogP contribution is -2.62. The molecule has 1 saturated heterocycles. The third-order valence-corrected chi connectivity index (χ3v) is 5.91. The molecule has 2 aromatic heterocycles. The third-order valence-electron chi connectivity index (χ3n) is 5.91. The van der Waals surface area contributed by atoms with Gasteiger partial charge in [0.25, 0.3) is 0 Å². The van der Waals surface area contributed by atoms with E-state index in [1.54, 1.807) is 24.5 Å². The SMILES string of the molecule is Cc1ccnc(-c2ccc(-c3cnc(N(C)C4CC(C)(C)NC(C)(C)C4)nn3)c(O)c2)n1.Cl. The highest BCUT2D eigenvalue weighted by atomic mass is 35.5. The van der Waals surface area contributed by atoms with Crippen molar-refractivity contribution in [1.29, 1.82) is 0 Å². The van der Waals surface area contributed by atoms with Crippen LogP contribution in [0.15, 0.2) is 36.7 Å². The van der Waals surface area contributed by atoms with E-state index in [0.717, 1.165) is 24.1 Å². The average Bonchev–Trinajstić information content (AvgIpc) is 2.71. The van der Waals surface area contributed by atoms with Crippen LogP contribution in [0.4, 0.5) is 5.95 Å². The van der Waals surface area contributed by atoms with Crippen LogP contribution in [0.1, 0.15) is 46.2 Å². The number of piperidine rings is 1. The molecule has 1 fully saturated rings. The molecule has 3 aromatic rings. The maximum absolute atomic E-state index is 10.6. The van der Waals surface area contributed by atoms with Crippen LogP contribution in [0.5, 0.6) is 5.75 Å². The fourth-order valence-corrected chi connectivity index (χ4v) is 4.74. The number of rotatable bonds is 4. The van der Waals surface area contributed by atoms with Crippen LogP contribution in [-0.4, -0.2) is 54.4 Å². The first-order valence-corrected chi connectivity index (χ1v) is 10.9. The molecule has 9 heteroatoms. The fraction of sp³-hybridized carbons (Fsp3) is 0.458. The first-order chi connectivity index (χ1) is 15.0. The van der Waals surface area contributed by atoms with Crippen LogP contribution >= 0.6 is 12.4 Å². The van der Waals surface area contributed by atoms with E-state index in [2.05, 4.69) is 63.1 Å². The summed E-state index contributed by atoms with van der Waals surface area (Å²) in [5.74, 6) is 1.24. The number of aromatic hydroxyl groups is 1. The monoisotopic (exact) mass is 469 g/mol. The molecule has 2 N–H and O–H groups in total. The molecule has 0 aliphatic carbocycles. The maximum atomic E-state index is 10.6. The number of anilines is 1. The topological polar surface area (TPSA) is 100.0 Å². The molecule has 176 valence electrons. The second-order valence-electron chi connectivity index (χ2n) is 9.96. The van der Waals surface area contributed by atoms with E-state index >= 15 is 0 Å². The summed E-state index contributed by atoms with van der Waals surface area (Å²) in [6.07, 6.45) is 5.34. The summed E-state index contributed by atoms with van der Waals surface area (Å²) in [6, 6.07) is 7.44. The van der Waals surface area contributed by atoms with E-state index in [0.29, 0.717) is 29.1 Å². The summed E-state index contributed by atoms with van der Waals surface area (Å²) in [6.45, 7) is 10.8. The Labute approximate surface area is 201 Å². The van der Waals surface area contributed by atoms with Gasteiger partial charge in [-0.15, -0.1) is 22.6 Å². The first-order valence-electron chi connectivity index (χ1n) is 10.9. The highest BCUT2D eigenvalue weighted by Crippen LogP contribution is 2.33. The van der Waals surface area contributed by atoms with Gasteiger partial charge in [0.15, 0.2) is 5.82 Å². The highest BCUT2D eigenvalue weighted by molar-refractivity contribution is 5.85. The van der Waals surface area contributed by atoms with Gasteiger partial charge in [0.2, 0.25) is 5.95 Å². The van der Waals surface area contributed by atoms with Crippen molar-refractivity contribution in [2.75, 3.05) is 11.9 Å². The van der Waals surface area contributed by atoms with Crippen LogP contribution in [0, 0.1) is 6.92 Å². The summed E-state index contributed by atoms with van der Waals surface area (Å²) >= 11 is 0. The molecule has 0 radical (unpaired) electrons. The minimum Gasteiger partial charge on any atom is -0.507 e. The standard InChI is InChI=1S/C24H31N7O.ClH/c1-15-9-10-25-21(27-15)16-7-8-18(20(32)11-16)19-14-26-22(29-28-19)31(6)17-12-23(2,3)30-24(4,5)13-17;/h7-11,14,17,30,32H,12-13H2,1-6H3;1H. The quantitative estimate of drug-likeness (QED) is 0.587. The normalized spacial score (nSPS) is 17.3. The van der Waals surface area contributed by atoms with E-state index in [9.17, 15) is 5.11 Å². The minimum absolute atomic E-state index is 0. The van der Waals surface area contributed by atoms with Crippen molar-refractivity contribution in [3.05, 3.63) is 42.4 Å². The number of benzene rings is 1. The molecule has 3 heterocycles. The van der Waals surface area contributed by atoms with Crippen LogP contribution < -0.4 is 10.2 Å². The molecular weight excluding hydrogens is 438 g/mol. The minimum atomic E-state index is 0. The Kier molecular flexibility index (Phi) is 6.91. The van der Waals surface area contributed by atoms with Gasteiger partial charge in [-0.05, 0) is 65.7 Å². The Bertz CT molecular complexity index is 1100. The highest BCUT2D eigenvalue weighted by Gasteiger charge is 2.39. The lowest BCUT2D eigenvalue weighted by atomic mass is 9.79. The van der Waals surface area contributed by atoms with Gasteiger partial charge in [-0.2, -0.15) is 0 Å². The molecule has 0 atom stereocenters. The van der Waals surface area contributed by atoms with E-state index in [1.807, 2.05) is 26.1 Å². The van der Waals surface area contributed by atoms with E-state index in [-0.39, 0.29) is 29.2 Å². The molecule has 0 amide bonds. The number of phenolic OH excluding ortho intramolecular Hbond substituents is 1. The smallest absolute Gasteiger partial charge is 0.245 e. The van der Waals surface area contributed by atoms with E-state index in [4.69, 9.17) is 0 Å². The lowest BCUT2D eigenvalue weighted by Gasteiger charge is -2.48. The molecular formula is C24H32ClN7O. The number of hydrogen-bond acceptors (Lipinski definition) is 8. The Morgan fingerprint density at radius 3 is 2.30 bits per heavy atom. The van der Waals surface area contributed by atoms with Gasteiger partial charge >= 0.3 is 0 Å².